The van der Waals surface area contributed by atoms with Crippen molar-refractivity contribution in [1.29, 1.82) is 0 Å². The number of nitrogen functional groups attached to an aromatic ring is 1. The molecule has 0 radical (unpaired) electrons. The summed E-state index contributed by atoms with van der Waals surface area (Å²) >= 11 is 0. The van der Waals surface area contributed by atoms with Crippen molar-refractivity contribution in [2.75, 3.05) is 12.3 Å². The van der Waals surface area contributed by atoms with E-state index in [0.29, 0.717) is 23.2 Å². The van der Waals surface area contributed by atoms with E-state index >= 15 is 0 Å². The Morgan fingerprint density at radius 1 is 1.59 bits per heavy atom. The van der Waals surface area contributed by atoms with E-state index in [9.17, 15) is 4.79 Å². The summed E-state index contributed by atoms with van der Waals surface area (Å²) in [5.41, 5.74) is 6.04. The molecule has 0 aliphatic heterocycles. The molecule has 0 spiro atoms. The van der Waals surface area contributed by atoms with Gasteiger partial charge in [0, 0.05) is 6.54 Å². The second-order valence-corrected chi connectivity index (χ2v) is 4.93. The summed E-state index contributed by atoms with van der Waals surface area (Å²) in [6.45, 7) is 3.01. The third kappa shape index (κ3) is 2.78. The maximum absolute atomic E-state index is 11.8. The standard InChI is InChI=1S/C12H20N4O/c1-8-4-2-3-5-9(8)6-14-12(17)10-7-15-16-11(10)13/h7-9H,2-6H2,1H3,(H,14,17)(H3,13,15,16). The van der Waals surface area contributed by atoms with Gasteiger partial charge < -0.3 is 11.1 Å². The van der Waals surface area contributed by atoms with Crippen LogP contribution in [-0.2, 0) is 0 Å². The minimum atomic E-state index is -0.131. The fourth-order valence-electron chi connectivity index (χ4n) is 2.49. The molecular formula is C12H20N4O. The van der Waals surface area contributed by atoms with E-state index in [4.69, 9.17) is 5.73 Å². The molecule has 5 heteroatoms. The van der Waals surface area contributed by atoms with E-state index < -0.39 is 0 Å². The van der Waals surface area contributed by atoms with Crippen molar-refractivity contribution in [3.8, 4) is 0 Å². The minimum absolute atomic E-state index is 0.131. The zero-order chi connectivity index (χ0) is 12.3. The Kier molecular flexibility index (Phi) is 3.66. The molecule has 2 atom stereocenters. The topological polar surface area (TPSA) is 83.8 Å². The van der Waals surface area contributed by atoms with Crippen molar-refractivity contribution in [2.45, 2.75) is 32.6 Å². The highest BCUT2D eigenvalue weighted by Crippen LogP contribution is 2.28. The van der Waals surface area contributed by atoms with Crippen molar-refractivity contribution >= 4 is 11.7 Å². The lowest BCUT2D eigenvalue weighted by Crippen LogP contribution is -2.33. The number of H-pyrrole nitrogens is 1. The Bertz CT molecular complexity index is 388. The van der Waals surface area contributed by atoms with E-state index in [0.717, 1.165) is 6.54 Å². The zero-order valence-electron chi connectivity index (χ0n) is 10.2. The molecule has 0 aromatic carbocycles. The van der Waals surface area contributed by atoms with Crippen LogP contribution in [0.2, 0.25) is 0 Å². The van der Waals surface area contributed by atoms with Crippen molar-refractivity contribution in [3.05, 3.63) is 11.8 Å². The summed E-state index contributed by atoms with van der Waals surface area (Å²) in [6, 6.07) is 0. The molecule has 1 heterocycles. The average molecular weight is 236 g/mol. The SMILES string of the molecule is CC1CCCCC1CNC(=O)c1cn[nH]c1N. The van der Waals surface area contributed by atoms with Gasteiger partial charge in [0.1, 0.15) is 11.4 Å². The lowest BCUT2D eigenvalue weighted by atomic mass is 9.80. The second-order valence-electron chi connectivity index (χ2n) is 4.93. The Hall–Kier alpha value is -1.52. The van der Waals surface area contributed by atoms with Crippen LogP contribution in [0.1, 0.15) is 43.0 Å². The van der Waals surface area contributed by atoms with Gasteiger partial charge >= 0.3 is 0 Å². The highest BCUT2D eigenvalue weighted by Gasteiger charge is 2.22. The molecule has 2 unspecified atom stereocenters. The van der Waals surface area contributed by atoms with Gasteiger partial charge in [-0.15, -0.1) is 0 Å². The van der Waals surface area contributed by atoms with Gasteiger partial charge in [-0.3, -0.25) is 9.89 Å². The predicted octanol–water partition coefficient (Wildman–Crippen LogP) is 1.55. The number of anilines is 1. The van der Waals surface area contributed by atoms with E-state index in [2.05, 4.69) is 22.4 Å². The molecule has 4 N–H and O–H groups in total. The van der Waals surface area contributed by atoms with Gasteiger partial charge in [0.2, 0.25) is 0 Å². The second kappa shape index (κ2) is 5.21. The number of nitrogens with zero attached hydrogens (tertiary/aromatic N) is 1. The Labute approximate surface area is 101 Å². The number of carbonyl (C=O) groups excluding carboxylic acids is 1. The van der Waals surface area contributed by atoms with Gasteiger partial charge in [-0.2, -0.15) is 5.10 Å². The molecule has 1 saturated carbocycles. The molecule has 1 amide bonds. The van der Waals surface area contributed by atoms with Crippen LogP contribution in [-0.4, -0.2) is 22.6 Å². The number of hydrogen-bond donors (Lipinski definition) is 3. The number of rotatable bonds is 3. The highest BCUT2D eigenvalue weighted by atomic mass is 16.1. The molecule has 1 fully saturated rings. The van der Waals surface area contributed by atoms with Crippen LogP contribution in [0.25, 0.3) is 0 Å². The number of aromatic nitrogens is 2. The van der Waals surface area contributed by atoms with Crippen molar-refractivity contribution < 1.29 is 4.79 Å². The summed E-state index contributed by atoms with van der Waals surface area (Å²) in [5, 5.41) is 9.25. The zero-order valence-corrected chi connectivity index (χ0v) is 10.2. The van der Waals surface area contributed by atoms with Crippen LogP contribution in [0.4, 0.5) is 5.82 Å². The smallest absolute Gasteiger partial charge is 0.256 e. The summed E-state index contributed by atoms with van der Waals surface area (Å²) in [6.07, 6.45) is 6.55. The number of nitrogens with one attached hydrogen (secondary N) is 2. The van der Waals surface area contributed by atoms with Crippen molar-refractivity contribution in [1.82, 2.24) is 15.5 Å². The van der Waals surface area contributed by atoms with Crippen LogP contribution < -0.4 is 11.1 Å². The summed E-state index contributed by atoms with van der Waals surface area (Å²) in [4.78, 5) is 11.8. The summed E-state index contributed by atoms with van der Waals surface area (Å²) in [7, 11) is 0. The van der Waals surface area contributed by atoms with Gasteiger partial charge in [-0.05, 0) is 18.3 Å². The molecule has 17 heavy (non-hydrogen) atoms. The quantitative estimate of drug-likeness (QED) is 0.744. The number of hydrogen-bond acceptors (Lipinski definition) is 3. The lowest BCUT2D eigenvalue weighted by molar-refractivity contribution is 0.0937. The summed E-state index contributed by atoms with van der Waals surface area (Å²) < 4.78 is 0. The Morgan fingerprint density at radius 2 is 2.35 bits per heavy atom. The van der Waals surface area contributed by atoms with Crippen LogP contribution in [0.3, 0.4) is 0 Å². The number of amides is 1. The van der Waals surface area contributed by atoms with Crippen LogP contribution in [0, 0.1) is 11.8 Å². The molecular weight excluding hydrogens is 216 g/mol. The molecule has 1 aromatic rings. The Balaban J connectivity index is 1.86. The van der Waals surface area contributed by atoms with E-state index in [-0.39, 0.29) is 5.91 Å². The first kappa shape index (κ1) is 12.0. The maximum atomic E-state index is 11.8. The van der Waals surface area contributed by atoms with E-state index in [1.807, 2.05) is 0 Å². The predicted molar refractivity (Wildman–Crippen MR) is 66.5 cm³/mol. The average Bonchev–Trinajstić information content (AvgIpc) is 2.74. The fraction of sp³-hybridized carbons (Fsp3) is 0.667. The largest absolute Gasteiger partial charge is 0.383 e. The molecule has 1 aliphatic rings. The minimum Gasteiger partial charge on any atom is -0.383 e. The van der Waals surface area contributed by atoms with Gasteiger partial charge in [0.05, 0.1) is 6.20 Å². The number of aromatic amines is 1. The summed E-state index contributed by atoms with van der Waals surface area (Å²) in [5.74, 6) is 1.50. The first-order valence-corrected chi connectivity index (χ1v) is 6.25. The number of carbonyl (C=O) groups is 1. The van der Waals surface area contributed by atoms with Crippen LogP contribution in [0.5, 0.6) is 0 Å². The molecule has 1 aromatic heterocycles. The van der Waals surface area contributed by atoms with Crippen molar-refractivity contribution in [2.24, 2.45) is 11.8 Å². The monoisotopic (exact) mass is 236 g/mol. The molecule has 0 bridgehead atoms. The highest BCUT2D eigenvalue weighted by molar-refractivity contribution is 5.98. The van der Waals surface area contributed by atoms with E-state index in [1.165, 1.54) is 31.9 Å². The molecule has 0 saturated heterocycles. The molecule has 5 nitrogen and oxygen atoms in total. The molecule has 1 aliphatic carbocycles. The molecule has 2 rings (SSSR count). The third-order valence-electron chi connectivity index (χ3n) is 3.73. The maximum Gasteiger partial charge on any atom is 0.256 e. The van der Waals surface area contributed by atoms with Crippen molar-refractivity contribution in [3.63, 3.8) is 0 Å². The van der Waals surface area contributed by atoms with Gasteiger partial charge in [0.15, 0.2) is 0 Å². The van der Waals surface area contributed by atoms with Gasteiger partial charge in [-0.25, -0.2) is 0 Å². The normalized spacial score (nSPS) is 24.5. The van der Waals surface area contributed by atoms with Gasteiger partial charge in [0.25, 0.3) is 5.91 Å². The first-order chi connectivity index (χ1) is 8.18. The Morgan fingerprint density at radius 3 is 3.00 bits per heavy atom. The lowest BCUT2D eigenvalue weighted by Gasteiger charge is -2.28. The molecule has 94 valence electrons. The first-order valence-electron chi connectivity index (χ1n) is 6.25. The van der Waals surface area contributed by atoms with Gasteiger partial charge in [-0.1, -0.05) is 26.2 Å². The van der Waals surface area contributed by atoms with Crippen LogP contribution in [0.15, 0.2) is 6.20 Å². The third-order valence-corrected chi connectivity index (χ3v) is 3.73. The fourth-order valence-corrected chi connectivity index (χ4v) is 2.49. The van der Waals surface area contributed by atoms with E-state index in [1.54, 1.807) is 0 Å². The number of nitrogens with two attached hydrogens (primary N) is 1. The van der Waals surface area contributed by atoms with Crippen LogP contribution >= 0.6 is 0 Å².